The van der Waals surface area contributed by atoms with E-state index in [0.717, 1.165) is 32.9 Å². The fourth-order valence-electron chi connectivity index (χ4n) is 3.71. The standard InChI is InChI=1S/C25H18O4/c1-27-18-12-9-16(10-13-18)15-28-21-7-4-8-22-24(21)23-19-6-3-2-5-17(19)11-14-20(23)25(26)29-22/h2-14H,15H2,1H3. The highest BCUT2D eigenvalue weighted by Crippen LogP contribution is 2.36. The number of hydrogen-bond acceptors (Lipinski definition) is 4. The van der Waals surface area contributed by atoms with Crippen molar-refractivity contribution in [3.63, 3.8) is 0 Å². The van der Waals surface area contributed by atoms with Crippen LogP contribution in [0.5, 0.6) is 11.5 Å². The van der Waals surface area contributed by atoms with Crippen molar-refractivity contribution in [3.8, 4) is 11.5 Å². The first-order chi connectivity index (χ1) is 14.2. The smallest absolute Gasteiger partial charge is 0.344 e. The Morgan fingerprint density at radius 1 is 0.793 bits per heavy atom. The second-order valence-electron chi connectivity index (χ2n) is 6.86. The summed E-state index contributed by atoms with van der Waals surface area (Å²) < 4.78 is 17.0. The predicted octanol–water partition coefficient (Wildman–Crippen LogP) is 5.69. The molecule has 0 aliphatic rings. The van der Waals surface area contributed by atoms with Gasteiger partial charge in [-0.15, -0.1) is 0 Å². The van der Waals surface area contributed by atoms with Gasteiger partial charge in [-0.3, -0.25) is 0 Å². The van der Waals surface area contributed by atoms with E-state index in [-0.39, 0.29) is 5.63 Å². The van der Waals surface area contributed by atoms with E-state index >= 15 is 0 Å². The molecule has 0 atom stereocenters. The highest BCUT2D eigenvalue weighted by atomic mass is 16.5. The molecular formula is C25H18O4. The number of hydrogen-bond donors (Lipinski definition) is 0. The maximum Gasteiger partial charge on any atom is 0.344 e. The summed E-state index contributed by atoms with van der Waals surface area (Å²) in [7, 11) is 1.64. The van der Waals surface area contributed by atoms with Crippen LogP contribution >= 0.6 is 0 Å². The molecule has 5 aromatic rings. The van der Waals surface area contributed by atoms with E-state index in [1.165, 1.54) is 0 Å². The summed E-state index contributed by atoms with van der Waals surface area (Å²) in [5.74, 6) is 1.49. The Hall–Kier alpha value is -3.79. The van der Waals surface area contributed by atoms with Crippen molar-refractivity contribution in [3.05, 3.63) is 94.8 Å². The Kier molecular flexibility index (Phi) is 4.17. The van der Waals surface area contributed by atoms with Gasteiger partial charge in [-0.1, -0.05) is 48.5 Å². The fraction of sp³-hybridized carbons (Fsp3) is 0.0800. The molecule has 1 heterocycles. The molecule has 0 radical (unpaired) electrons. The lowest BCUT2D eigenvalue weighted by Gasteiger charge is -2.12. The van der Waals surface area contributed by atoms with Gasteiger partial charge in [-0.05, 0) is 46.7 Å². The lowest BCUT2D eigenvalue weighted by Crippen LogP contribution is -2.02. The van der Waals surface area contributed by atoms with Crippen LogP contribution in [0.3, 0.4) is 0 Å². The third kappa shape index (κ3) is 2.99. The van der Waals surface area contributed by atoms with Crippen LogP contribution in [0.2, 0.25) is 0 Å². The Balaban J connectivity index is 1.70. The molecule has 0 saturated carbocycles. The van der Waals surface area contributed by atoms with E-state index in [2.05, 4.69) is 0 Å². The molecule has 0 unspecified atom stereocenters. The average molecular weight is 382 g/mol. The summed E-state index contributed by atoms with van der Waals surface area (Å²) >= 11 is 0. The Bertz CT molecular complexity index is 1400. The Labute approximate surface area is 166 Å². The van der Waals surface area contributed by atoms with E-state index in [1.54, 1.807) is 13.2 Å². The van der Waals surface area contributed by atoms with Crippen LogP contribution in [0.15, 0.2) is 88.1 Å². The van der Waals surface area contributed by atoms with E-state index in [9.17, 15) is 4.79 Å². The Morgan fingerprint density at radius 2 is 1.62 bits per heavy atom. The average Bonchev–Trinajstić information content (AvgIpc) is 2.77. The number of rotatable bonds is 4. The molecule has 0 bridgehead atoms. The second-order valence-corrected chi connectivity index (χ2v) is 6.86. The van der Waals surface area contributed by atoms with Gasteiger partial charge < -0.3 is 13.9 Å². The van der Waals surface area contributed by atoms with Gasteiger partial charge >= 0.3 is 5.63 Å². The van der Waals surface area contributed by atoms with Gasteiger partial charge in [-0.25, -0.2) is 4.79 Å². The maximum absolute atomic E-state index is 12.6. The molecule has 5 rings (SSSR count). The topological polar surface area (TPSA) is 48.7 Å². The molecule has 0 spiro atoms. The van der Waals surface area contributed by atoms with Gasteiger partial charge in [0.1, 0.15) is 23.7 Å². The highest BCUT2D eigenvalue weighted by molar-refractivity contribution is 6.20. The Morgan fingerprint density at radius 3 is 2.45 bits per heavy atom. The van der Waals surface area contributed by atoms with Gasteiger partial charge in [0.2, 0.25) is 0 Å². The first-order valence-electron chi connectivity index (χ1n) is 9.37. The first-order valence-corrected chi connectivity index (χ1v) is 9.37. The molecule has 142 valence electrons. The van der Waals surface area contributed by atoms with Crippen molar-refractivity contribution >= 4 is 32.5 Å². The van der Waals surface area contributed by atoms with Crippen LogP contribution in [0, 0.1) is 0 Å². The zero-order chi connectivity index (χ0) is 19.8. The lowest BCUT2D eigenvalue weighted by molar-refractivity contribution is 0.309. The fourth-order valence-corrected chi connectivity index (χ4v) is 3.71. The number of ether oxygens (including phenoxy) is 2. The maximum atomic E-state index is 12.6. The molecule has 4 nitrogen and oxygen atoms in total. The minimum atomic E-state index is -0.342. The molecular weight excluding hydrogens is 364 g/mol. The van der Waals surface area contributed by atoms with Crippen LogP contribution in [0.25, 0.3) is 32.5 Å². The van der Waals surface area contributed by atoms with Crippen LogP contribution in [0.4, 0.5) is 0 Å². The predicted molar refractivity (Wildman–Crippen MR) is 115 cm³/mol. The minimum absolute atomic E-state index is 0.342. The number of fused-ring (bicyclic) bond motifs is 5. The zero-order valence-electron chi connectivity index (χ0n) is 15.8. The molecule has 4 heteroatoms. The van der Waals surface area contributed by atoms with Gasteiger partial charge in [0.25, 0.3) is 0 Å². The van der Waals surface area contributed by atoms with E-state index in [4.69, 9.17) is 13.9 Å². The SMILES string of the molecule is COc1ccc(COc2cccc3oc(=O)c4ccc5ccccc5c4c23)cc1. The summed E-state index contributed by atoms with van der Waals surface area (Å²) in [6.07, 6.45) is 0. The summed E-state index contributed by atoms with van der Waals surface area (Å²) in [5.41, 5.74) is 1.20. The molecule has 0 amide bonds. The van der Waals surface area contributed by atoms with Gasteiger partial charge in [0, 0.05) is 5.39 Å². The highest BCUT2D eigenvalue weighted by Gasteiger charge is 2.14. The third-order valence-corrected chi connectivity index (χ3v) is 5.14. The molecule has 4 aromatic carbocycles. The first kappa shape index (κ1) is 17.3. The number of methoxy groups -OCH3 is 1. The normalized spacial score (nSPS) is 11.2. The van der Waals surface area contributed by atoms with E-state index < -0.39 is 0 Å². The van der Waals surface area contributed by atoms with Crippen molar-refractivity contribution in [2.75, 3.05) is 7.11 Å². The van der Waals surface area contributed by atoms with Gasteiger partial charge in [-0.2, -0.15) is 0 Å². The van der Waals surface area contributed by atoms with Crippen LogP contribution in [-0.4, -0.2) is 7.11 Å². The van der Waals surface area contributed by atoms with Crippen LogP contribution in [0.1, 0.15) is 5.56 Å². The summed E-state index contributed by atoms with van der Waals surface area (Å²) in [6, 6.07) is 25.1. The molecule has 0 aliphatic carbocycles. The molecule has 29 heavy (non-hydrogen) atoms. The summed E-state index contributed by atoms with van der Waals surface area (Å²) in [5, 5.41) is 4.30. The van der Waals surface area contributed by atoms with Crippen LogP contribution in [-0.2, 0) is 6.61 Å². The molecule has 0 N–H and O–H groups in total. The minimum Gasteiger partial charge on any atom is -0.497 e. The van der Waals surface area contributed by atoms with Crippen molar-refractivity contribution < 1.29 is 13.9 Å². The largest absolute Gasteiger partial charge is 0.497 e. The molecule has 1 aromatic heterocycles. The monoisotopic (exact) mass is 382 g/mol. The lowest BCUT2D eigenvalue weighted by atomic mass is 9.99. The van der Waals surface area contributed by atoms with Crippen molar-refractivity contribution in [1.29, 1.82) is 0 Å². The third-order valence-electron chi connectivity index (χ3n) is 5.14. The quantitative estimate of drug-likeness (QED) is 0.296. The second kappa shape index (κ2) is 6.99. The molecule has 0 aliphatic heterocycles. The van der Waals surface area contributed by atoms with Crippen LogP contribution < -0.4 is 15.1 Å². The van der Waals surface area contributed by atoms with E-state index in [1.807, 2.05) is 72.8 Å². The van der Waals surface area contributed by atoms with Crippen molar-refractivity contribution in [2.24, 2.45) is 0 Å². The zero-order valence-corrected chi connectivity index (χ0v) is 15.8. The molecule has 0 fully saturated rings. The summed E-state index contributed by atoms with van der Waals surface area (Å²) in [4.78, 5) is 12.6. The van der Waals surface area contributed by atoms with Gasteiger partial charge in [0.15, 0.2) is 0 Å². The number of benzene rings is 4. The van der Waals surface area contributed by atoms with E-state index in [0.29, 0.717) is 23.3 Å². The van der Waals surface area contributed by atoms with Gasteiger partial charge in [0.05, 0.1) is 17.9 Å². The van der Waals surface area contributed by atoms with Crippen molar-refractivity contribution in [1.82, 2.24) is 0 Å². The van der Waals surface area contributed by atoms with Crippen molar-refractivity contribution in [2.45, 2.75) is 6.61 Å². The molecule has 0 saturated heterocycles. The summed E-state index contributed by atoms with van der Waals surface area (Å²) in [6.45, 7) is 0.397.